The SMILES string of the molecule is COc1ccc(S(=O)(=O)N(CC(=O)Nc2nnc(SC)s2)c2cc(C)cc(C)c2)cc1OC. The molecule has 0 unspecified atom stereocenters. The lowest BCUT2D eigenvalue weighted by Crippen LogP contribution is -2.38. The van der Waals surface area contributed by atoms with Crippen LogP contribution in [0.5, 0.6) is 11.5 Å². The standard InChI is InChI=1S/C21H24N4O5S3/c1-13-8-14(2)10-15(9-13)25(12-19(26)22-20-23-24-21(31-5)32-20)33(27,28)16-6-7-17(29-3)18(11-16)30-4/h6-11H,12H2,1-5H3,(H,22,23,26). The number of benzene rings is 2. The van der Waals surface area contributed by atoms with Gasteiger partial charge in [-0.2, -0.15) is 0 Å². The van der Waals surface area contributed by atoms with Gasteiger partial charge in [0, 0.05) is 6.07 Å². The second-order valence-corrected chi connectivity index (χ2v) is 10.9. The molecular weight excluding hydrogens is 484 g/mol. The molecule has 3 rings (SSSR count). The largest absolute Gasteiger partial charge is 0.493 e. The summed E-state index contributed by atoms with van der Waals surface area (Å²) in [4.78, 5) is 12.8. The molecule has 33 heavy (non-hydrogen) atoms. The van der Waals surface area contributed by atoms with Crippen molar-refractivity contribution in [2.24, 2.45) is 0 Å². The minimum Gasteiger partial charge on any atom is -0.493 e. The fraction of sp³-hybridized carbons (Fsp3) is 0.286. The van der Waals surface area contributed by atoms with Crippen LogP contribution >= 0.6 is 23.1 Å². The molecule has 3 aromatic rings. The molecule has 9 nitrogen and oxygen atoms in total. The van der Waals surface area contributed by atoms with Crippen LogP contribution < -0.4 is 19.1 Å². The first kappa shape index (κ1) is 24.8. The first-order chi connectivity index (χ1) is 15.7. The molecule has 0 saturated heterocycles. The molecule has 1 aromatic heterocycles. The minimum atomic E-state index is -4.13. The number of hydrogen-bond acceptors (Lipinski definition) is 9. The van der Waals surface area contributed by atoms with Crippen molar-refractivity contribution in [1.82, 2.24) is 10.2 Å². The van der Waals surface area contributed by atoms with E-state index in [1.54, 1.807) is 12.1 Å². The normalized spacial score (nSPS) is 11.2. The van der Waals surface area contributed by atoms with Crippen molar-refractivity contribution in [1.29, 1.82) is 0 Å². The Morgan fingerprint density at radius 3 is 2.30 bits per heavy atom. The Labute approximate surface area is 201 Å². The third-order valence-electron chi connectivity index (χ3n) is 4.55. The van der Waals surface area contributed by atoms with E-state index in [1.165, 1.54) is 55.5 Å². The van der Waals surface area contributed by atoms with E-state index in [2.05, 4.69) is 15.5 Å². The molecule has 0 spiro atoms. The average Bonchev–Trinajstić information content (AvgIpc) is 3.23. The van der Waals surface area contributed by atoms with E-state index in [0.717, 1.165) is 15.4 Å². The molecule has 1 heterocycles. The molecule has 0 bridgehead atoms. The molecule has 0 aliphatic carbocycles. The second-order valence-electron chi connectivity index (χ2n) is 7.00. The van der Waals surface area contributed by atoms with Crippen molar-refractivity contribution in [3.8, 4) is 11.5 Å². The van der Waals surface area contributed by atoms with Crippen molar-refractivity contribution in [2.75, 3.05) is 36.6 Å². The highest BCUT2D eigenvalue weighted by molar-refractivity contribution is 8.00. The predicted octanol–water partition coefficient (Wildman–Crippen LogP) is 3.73. The number of nitrogens with one attached hydrogen (secondary N) is 1. The Morgan fingerprint density at radius 2 is 1.73 bits per heavy atom. The van der Waals surface area contributed by atoms with Crippen LogP contribution in [0.2, 0.25) is 0 Å². The van der Waals surface area contributed by atoms with Gasteiger partial charge in [-0.05, 0) is 55.5 Å². The van der Waals surface area contributed by atoms with Crippen LogP contribution in [0.25, 0.3) is 0 Å². The summed E-state index contributed by atoms with van der Waals surface area (Å²) in [5.41, 5.74) is 2.11. The summed E-state index contributed by atoms with van der Waals surface area (Å²) in [6, 6.07) is 9.66. The smallest absolute Gasteiger partial charge is 0.264 e. The number of hydrogen-bond donors (Lipinski definition) is 1. The molecule has 1 amide bonds. The van der Waals surface area contributed by atoms with Gasteiger partial charge < -0.3 is 9.47 Å². The van der Waals surface area contributed by atoms with Crippen LogP contribution in [-0.4, -0.2) is 51.5 Å². The number of carbonyl (C=O) groups excluding carboxylic acids is 1. The zero-order valence-corrected chi connectivity index (χ0v) is 21.2. The first-order valence-electron chi connectivity index (χ1n) is 9.68. The molecular formula is C21H24N4O5S3. The summed E-state index contributed by atoms with van der Waals surface area (Å²) in [6.07, 6.45) is 1.85. The monoisotopic (exact) mass is 508 g/mol. The maximum absolute atomic E-state index is 13.7. The van der Waals surface area contributed by atoms with Crippen LogP contribution in [0.15, 0.2) is 45.6 Å². The van der Waals surface area contributed by atoms with Gasteiger partial charge in [-0.1, -0.05) is 29.2 Å². The van der Waals surface area contributed by atoms with Gasteiger partial charge >= 0.3 is 0 Å². The predicted molar refractivity (Wildman–Crippen MR) is 130 cm³/mol. The van der Waals surface area contributed by atoms with E-state index < -0.39 is 22.5 Å². The molecule has 0 aliphatic rings. The van der Waals surface area contributed by atoms with Crippen LogP contribution in [0, 0.1) is 13.8 Å². The van der Waals surface area contributed by atoms with Gasteiger partial charge in [-0.25, -0.2) is 8.42 Å². The quantitative estimate of drug-likeness (QED) is 0.344. The van der Waals surface area contributed by atoms with Crippen molar-refractivity contribution >= 4 is 49.8 Å². The number of anilines is 2. The number of carbonyl (C=O) groups is 1. The minimum absolute atomic E-state index is 0.0345. The third-order valence-corrected chi connectivity index (χ3v) is 8.14. The average molecular weight is 509 g/mol. The van der Waals surface area contributed by atoms with Crippen LogP contribution in [-0.2, 0) is 14.8 Å². The van der Waals surface area contributed by atoms with E-state index in [1.807, 2.05) is 26.2 Å². The number of rotatable bonds is 9. The summed E-state index contributed by atoms with van der Waals surface area (Å²) in [5, 5.41) is 10.8. The number of aromatic nitrogens is 2. The molecule has 12 heteroatoms. The molecule has 1 N–H and O–H groups in total. The highest BCUT2D eigenvalue weighted by Gasteiger charge is 2.29. The second kappa shape index (κ2) is 10.4. The summed E-state index contributed by atoms with van der Waals surface area (Å²) in [6.45, 7) is 3.28. The molecule has 0 saturated carbocycles. The summed E-state index contributed by atoms with van der Waals surface area (Å²) in [7, 11) is -1.24. The van der Waals surface area contributed by atoms with E-state index in [9.17, 15) is 13.2 Å². The van der Waals surface area contributed by atoms with Gasteiger partial charge in [-0.3, -0.25) is 14.4 Å². The number of ether oxygens (including phenoxy) is 2. The molecule has 0 fully saturated rings. The molecule has 0 atom stereocenters. The van der Waals surface area contributed by atoms with Gasteiger partial charge in [0.25, 0.3) is 10.0 Å². The van der Waals surface area contributed by atoms with Crippen molar-refractivity contribution < 1.29 is 22.7 Å². The van der Waals surface area contributed by atoms with Gasteiger partial charge in [0.2, 0.25) is 11.0 Å². The lowest BCUT2D eigenvalue weighted by atomic mass is 10.1. The zero-order valence-electron chi connectivity index (χ0n) is 18.8. The van der Waals surface area contributed by atoms with Crippen molar-refractivity contribution in [3.05, 3.63) is 47.5 Å². The Balaban J connectivity index is 2.01. The Kier molecular flexibility index (Phi) is 7.82. The van der Waals surface area contributed by atoms with Crippen LogP contribution in [0.1, 0.15) is 11.1 Å². The van der Waals surface area contributed by atoms with E-state index in [-0.39, 0.29) is 10.6 Å². The zero-order chi connectivity index (χ0) is 24.2. The number of sulfonamides is 1. The molecule has 0 radical (unpaired) electrons. The molecule has 176 valence electrons. The lowest BCUT2D eigenvalue weighted by Gasteiger charge is -2.25. The third kappa shape index (κ3) is 5.75. The van der Waals surface area contributed by atoms with Crippen molar-refractivity contribution in [2.45, 2.75) is 23.1 Å². The Hall–Kier alpha value is -2.83. The van der Waals surface area contributed by atoms with Crippen molar-refractivity contribution in [3.63, 3.8) is 0 Å². The van der Waals surface area contributed by atoms with Gasteiger partial charge in [-0.15, -0.1) is 10.2 Å². The fourth-order valence-corrected chi connectivity index (χ4v) is 5.75. The fourth-order valence-electron chi connectivity index (χ4n) is 3.15. The topological polar surface area (TPSA) is 111 Å². The van der Waals surface area contributed by atoms with E-state index in [4.69, 9.17) is 9.47 Å². The Morgan fingerprint density at radius 1 is 1.06 bits per heavy atom. The highest BCUT2D eigenvalue weighted by atomic mass is 32.2. The number of thioether (sulfide) groups is 1. The highest BCUT2D eigenvalue weighted by Crippen LogP contribution is 2.33. The maximum atomic E-state index is 13.7. The summed E-state index contributed by atoms with van der Waals surface area (Å²) < 4.78 is 39.6. The number of methoxy groups -OCH3 is 2. The van der Waals surface area contributed by atoms with Crippen LogP contribution in [0.4, 0.5) is 10.8 Å². The van der Waals surface area contributed by atoms with Gasteiger partial charge in [0.05, 0.1) is 24.8 Å². The number of amides is 1. The lowest BCUT2D eigenvalue weighted by molar-refractivity contribution is -0.114. The summed E-state index contributed by atoms with van der Waals surface area (Å²) >= 11 is 2.62. The van der Waals surface area contributed by atoms with Gasteiger partial charge in [0.1, 0.15) is 6.54 Å². The summed E-state index contributed by atoms with van der Waals surface area (Å²) in [5.74, 6) is 0.122. The molecule has 2 aromatic carbocycles. The van der Waals surface area contributed by atoms with Crippen LogP contribution in [0.3, 0.4) is 0 Å². The first-order valence-corrected chi connectivity index (χ1v) is 13.2. The van der Waals surface area contributed by atoms with E-state index >= 15 is 0 Å². The maximum Gasteiger partial charge on any atom is 0.264 e. The Bertz CT molecular complexity index is 1240. The number of aryl methyl sites for hydroxylation is 2. The van der Waals surface area contributed by atoms with Gasteiger partial charge in [0.15, 0.2) is 15.8 Å². The van der Waals surface area contributed by atoms with E-state index in [0.29, 0.717) is 20.9 Å². The molecule has 0 aliphatic heterocycles. The number of nitrogens with zero attached hydrogens (tertiary/aromatic N) is 3.